The molecule has 106 valence electrons. The average molecular weight is 330 g/mol. The van der Waals surface area contributed by atoms with Gasteiger partial charge in [0, 0.05) is 13.1 Å². The minimum absolute atomic E-state index is 0.0378. The van der Waals surface area contributed by atoms with Crippen molar-refractivity contribution in [3.63, 3.8) is 0 Å². The van der Waals surface area contributed by atoms with Gasteiger partial charge in [-0.3, -0.25) is 4.90 Å². The third kappa shape index (κ3) is 4.18. The van der Waals surface area contributed by atoms with Crippen LogP contribution in [0, 0.1) is 0 Å². The predicted octanol–water partition coefficient (Wildman–Crippen LogP) is 2.04. The second kappa shape index (κ2) is 7.24. The zero-order valence-electron chi connectivity index (χ0n) is 11.1. The molecular weight excluding hydrogens is 310 g/mol. The highest BCUT2D eigenvalue weighted by molar-refractivity contribution is 9.10. The van der Waals surface area contributed by atoms with Crippen molar-refractivity contribution in [2.45, 2.75) is 19.6 Å². The highest BCUT2D eigenvalue weighted by Crippen LogP contribution is 2.26. The van der Waals surface area contributed by atoms with E-state index in [9.17, 15) is 0 Å². The highest BCUT2D eigenvalue weighted by Gasteiger charge is 2.20. The van der Waals surface area contributed by atoms with E-state index in [1.807, 2.05) is 18.2 Å². The molecule has 0 amide bonds. The van der Waals surface area contributed by atoms with E-state index < -0.39 is 0 Å². The van der Waals surface area contributed by atoms with Gasteiger partial charge in [-0.25, -0.2) is 0 Å². The molecule has 1 N–H and O–H groups in total. The lowest BCUT2D eigenvalue weighted by molar-refractivity contribution is -0.0465. The summed E-state index contributed by atoms with van der Waals surface area (Å²) in [6, 6.07) is 5.60. The standard InChI is InChI=1S/C14H20BrNO3/c1-2-16-5-6-18-12(8-16)10-19-14-4-3-11(9-17)7-13(14)15/h3-4,7,12,17H,2,5-6,8-10H2,1H3. The first-order chi connectivity index (χ1) is 9.22. The van der Waals surface area contributed by atoms with E-state index in [1.165, 1.54) is 0 Å². The normalized spacial score (nSPS) is 20.5. The number of hydrogen-bond acceptors (Lipinski definition) is 4. The maximum atomic E-state index is 9.06. The lowest BCUT2D eigenvalue weighted by atomic mass is 10.2. The molecule has 1 saturated heterocycles. The van der Waals surface area contributed by atoms with Gasteiger partial charge in [0.25, 0.3) is 0 Å². The smallest absolute Gasteiger partial charge is 0.133 e. The van der Waals surface area contributed by atoms with Crippen LogP contribution in [0.5, 0.6) is 5.75 Å². The zero-order chi connectivity index (χ0) is 13.7. The van der Waals surface area contributed by atoms with E-state index in [0.29, 0.717) is 6.61 Å². The predicted molar refractivity (Wildman–Crippen MR) is 77.4 cm³/mol. The summed E-state index contributed by atoms with van der Waals surface area (Å²) in [6.07, 6.45) is 0.123. The molecule has 1 aromatic rings. The number of halogens is 1. The summed E-state index contributed by atoms with van der Waals surface area (Å²) in [6.45, 7) is 6.49. The van der Waals surface area contributed by atoms with E-state index in [1.54, 1.807) is 0 Å². The molecule has 5 heteroatoms. The quantitative estimate of drug-likeness (QED) is 0.897. The van der Waals surface area contributed by atoms with Crippen LogP contribution in [0.1, 0.15) is 12.5 Å². The molecule has 2 rings (SSSR count). The van der Waals surface area contributed by atoms with Gasteiger partial charge in [-0.1, -0.05) is 13.0 Å². The van der Waals surface area contributed by atoms with Gasteiger partial charge in [0.15, 0.2) is 0 Å². The molecule has 4 nitrogen and oxygen atoms in total. The van der Waals surface area contributed by atoms with Crippen LogP contribution in [-0.2, 0) is 11.3 Å². The number of likely N-dealkylation sites (N-methyl/N-ethyl adjacent to an activating group) is 1. The summed E-state index contributed by atoms with van der Waals surface area (Å²) in [7, 11) is 0. The molecule has 0 aromatic heterocycles. The van der Waals surface area contributed by atoms with Crippen molar-refractivity contribution in [3.8, 4) is 5.75 Å². The van der Waals surface area contributed by atoms with Crippen molar-refractivity contribution in [1.29, 1.82) is 0 Å². The van der Waals surface area contributed by atoms with Gasteiger partial charge >= 0.3 is 0 Å². The van der Waals surface area contributed by atoms with Gasteiger partial charge in [0.1, 0.15) is 18.5 Å². The van der Waals surface area contributed by atoms with Crippen molar-refractivity contribution in [3.05, 3.63) is 28.2 Å². The first-order valence-electron chi connectivity index (χ1n) is 6.59. The largest absolute Gasteiger partial charge is 0.490 e. The Morgan fingerprint density at radius 1 is 1.53 bits per heavy atom. The summed E-state index contributed by atoms with van der Waals surface area (Å²) >= 11 is 3.45. The van der Waals surface area contributed by atoms with Crippen LogP contribution in [0.4, 0.5) is 0 Å². The van der Waals surface area contributed by atoms with E-state index >= 15 is 0 Å². The van der Waals surface area contributed by atoms with Crippen molar-refractivity contribution in [1.82, 2.24) is 4.90 Å². The number of hydrogen-bond donors (Lipinski definition) is 1. The molecule has 1 aliphatic heterocycles. The lowest BCUT2D eigenvalue weighted by Crippen LogP contribution is -2.44. The van der Waals surface area contributed by atoms with Crippen LogP contribution >= 0.6 is 15.9 Å². The first-order valence-corrected chi connectivity index (χ1v) is 7.38. The Morgan fingerprint density at radius 2 is 2.37 bits per heavy atom. The molecule has 1 fully saturated rings. The van der Waals surface area contributed by atoms with Crippen LogP contribution in [0.3, 0.4) is 0 Å². The molecule has 1 unspecified atom stereocenters. The molecule has 1 aromatic carbocycles. The summed E-state index contributed by atoms with van der Waals surface area (Å²) in [4.78, 5) is 2.36. The molecular formula is C14H20BrNO3. The van der Waals surface area contributed by atoms with E-state index in [4.69, 9.17) is 14.6 Å². The number of aliphatic hydroxyl groups excluding tert-OH is 1. The van der Waals surface area contributed by atoms with Gasteiger partial charge in [-0.2, -0.15) is 0 Å². The fraction of sp³-hybridized carbons (Fsp3) is 0.571. The first kappa shape index (κ1) is 14.8. The van der Waals surface area contributed by atoms with E-state index in [2.05, 4.69) is 27.8 Å². The van der Waals surface area contributed by atoms with Crippen LogP contribution in [0.25, 0.3) is 0 Å². The van der Waals surface area contributed by atoms with Crippen molar-refractivity contribution in [2.75, 3.05) is 32.8 Å². The van der Waals surface area contributed by atoms with Gasteiger partial charge < -0.3 is 14.6 Å². The second-order valence-corrected chi connectivity index (χ2v) is 5.47. The second-order valence-electron chi connectivity index (χ2n) is 4.62. The molecule has 0 bridgehead atoms. The molecule has 19 heavy (non-hydrogen) atoms. The number of nitrogens with zero attached hydrogens (tertiary/aromatic N) is 1. The fourth-order valence-corrected chi connectivity index (χ4v) is 2.65. The van der Waals surface area contributed by atoms with Gasteiger partial charge in [0.05, 0.1) is 17.7 Å². The SMILES string of the molecule is CCN1CCOC(COc2ccc(CO)cc2Br)C1. The Balaban J connectivity index is 1.88. The van der Waals surface area contributed by atoms with Gasteiger partial charge in [-0.05, 0) is 40.2 Å². The third-order valence-electron chi connectivity index (χ3n) is 3.27. The van der Waals surface area contributed by atoms with Crippen LogP contribution in [0.2, 0.25) is 0 Å². The van der Waals surface area contributed by atoms with Crippen LogP contribution < -0.4 is 4.74 Å². The van der Waals surface area contributed by atoms with Crippen LogP contribution in [-0.4, -0.2) is 49.0 Å². The number of benzene rings is 1. The molecule has 1 atom stereocenters. The maximum Gasteiger partial charge on any atom is 0.133 e. The van der Waals surface area contributed by atoms with Crippen molar-refractivity contribution >= 4 is 15.9 Å². The molecule has 0 radical (unpaired) electrons. The summed E-state index contributed by atoms with van der Waals surface area (Å²) in [5.74, 6) is 0.787. The average Bonchev–Trinajstić information content (AvgIpc) is 2.46. The maximum absolute atomic E-state index is 9.06. The summed E-state index contributed by atoms with van der Waals surface area (Å²) in [5, 5.41) is 9.06. The Labute approximate surface area is 122 Å². The Hall–Kier alpha value is -0.620. The number of ether oxygens (including phenoxy) is 2. The Morgan fingerprint density at radius 3 is 3.05 bits per heavy atom. The van der Waals surface area contributed by atoms with Crippen molar-refractivity contribution < 1.29 is 14.6 Å². The fourth-order valence-electron chi connectivity index (χ4n) is 2.11. The minimum Gasteiger partial charge on any atom is -0.490 e. The van der Waals surface area contributed by atoms with E-state index in [-0.39, 0.29) is 12.7 Å². The third-order valence-corrected chi connectivity index (χ3v) is 3.89. The number of morpholine rings is 1. The van der Waals surface area contributed by atoms with Crippen molar-refractivity contribution in [2.24, 2.45) is 0 Å². The molecule has 1 heterocycles. The molecule has 0 saturated carbocycles. The number of aliphatic hydroxyl groups is 1. The number of rotatable bonds is 5. The minimum atomic E-state index is 0.0378. The van der Waals surface area contributed by atoms with Gasteiger partial charge in [0.2, 0.25) is 0 Å². The Bertz CT molecular complexity index is 414. The highest BCUT2D eigenvalue weighted by atomic mass is 79.9. The molecule has 1 aliphatic rings. The lowest BCUT2D eigenvalue weighted by Gasteiger charge is -2.31. The van der Waals surface area contributed by atoms with E-state index in [0.717, 1.165) is 42.0 Å². The summed E-state index contributed by atoms with van der Waals surface area (Å²) < 4.78 is 12.3. The Kier molecular flexibility index (Phi) is 5.63. The monoisotopic (exact) mass is 329 g/mol. The van der Waals surface area contributed by atoms with Gasteiger partial charge in [-0.15, -0.1) is 0 Å². The zero-order valence-corrected chi connectivity index (χ0v) is 12.7. The topological polar surface area (TPSA) is 41.9 Å². The van der Waals surface area contributed by atoms with Crippen LogP contribution in [0.15, 0.2) is 22.7 Å². The molecule has 0 spiro atoms. The molecule has 0 aliphatic carbocycles. The summed E-state index contributed by atoms with van der Waals surface area (Å²) in [5.41, 5.74) is 0.866.